The Bertz CT molecular complexity index is 974. The van der Waals surface area contributed by atoms with Gasteiger partial charge in [-0.15, -0.1) is 0 Å². The van der Waals surface area contributed by atoms with Crippen molar-refractivity contribution in [3.8, 4) is 0 Å². The van der Waals surface area contributed by atoms with Gasteiger partial charge in [0.1, 0.15) is 0 Å². The van der Waals surface area contributed by atoms with Gasteiger partial charge in [-0.2, -0.15) is 0 Å². The van der Waals surface area contributed by atoms with E-state index in [0.717, 1.165) is 22.3 Å². The van der Waals surface area contributed by atoms with E-state index in [4.69, 9.17) is 0 Å². The molecule has 0 saturated carbocycles. The lowest BCUT2D eigenvalue weighted by Gasteiger charge is -2.25. The molecule has 0 unspecified atom stereocenters. The number of hydrogen-bond acceptors (Lipinski definition) is 2. The lowest BCUT2D eigenvalue weighted by Crippen LogP contribution is -2.30. The van der Waals surface area contributed by atoms with Crippen molar-refractivity contribution < 1.29 is 8.42 Å². The maximum atomic E-state index is 13.4. The van der Waals surface area contributed by atoms with Crippen molar-refractivity contribution in [3.05, 3.63) is 95.1 Å². The summed E-state index contributed by atoms with van der Waals surface area (Å²) in [5.41, 5.74) is 4.74. The summed E-state index contributed by atoms with van der Waals surface area (Å²) in [6.07, 6.45) is 0. The largest absolute Gasteiger partial charge is 0.264 e. The molecule has 3 nitrogen and oxygen atoms in total. The van der Waals surface area contributed by atoms with E-state index >= 15 is 0 Å². The molecule has 0 aromatic heterocycles. The summed E-state index contributed by atoms with van der Waals surface area (Å²) in [6.45, 7) is 6.20. The molecule has 0 amide bonds. The lowest BCUT2D eigenvalue weighted by atomic mass is 10.1. The highest BCUT2D eigenvalue weighted by Crippen LogP contribution is 2.28. The molecular formula is C22H23NO2S. The van der Waals surface area contributed by atoms with Gasteiger partial charge in [0.15, 0.2) is 0 Å². The lowest BCUT2D eigenvalue weighted by molar-refractivity contribution is 0.590. The Morgan fingerprint density at radius 2 is 1.31 bits per heavy atom. The van der Waals surface area contributed by atoms with Crippen molar-refractivity contribution in [1.82, 2.24) is 0 Å². The van der Waals surface area contributed by atoms with Crippen molar-refractivity contribution in [1.29, 1.82) is 0 Å². The summed E-state index contributed by atoms with van der Waals surface area (Å²) >= 11 is 0. The molecule has 0 saturated heterocycles. The van der Waals surface area contributed by atoms with Crippen molar-refractivity contribution in [3.63, 3.8) is 0 Å². The molecule has 0 aliphatic rings. The summed E-state index contributed by atoms with van der Waals surface area (Å²) in [6, 6.07) is 22.5. The number of benzene rings is 3. The Morgan fingerprint density at radius 1 is 0.731 bits per heavy atom. The first-order chi connectivity index (χ1) is 12.4. The number of anilines is 1. The smallest absolute Gasteiger partial charge is 0.262 e. The number of rotatable bonds is 5. The van der Waals surface area contributed by atoms with E-state index < -0.39 is 10.0 Å². The summed E-state index contributed by atoms with van der Waals surface area (Å²) in [5.74, 6) is 0. The normalized spacial score (nSPS) is 11.3. The van der Waals surface area contributed by atoms with Crippen molar-refractivity contribution in [2.75, 3.05) is 4.31 Å². The van der Waals surface area contributed by atoms with Gasteiger partial charge in [0.2, 0.25) is 0 Å². The summed E-state index contributed by atoms with van der Waals surface area (Å²) < 4.78 is 28.3. The Labute approximate surface area is 156 Å². The van der Waals surface area contributed by atoms with Crippen LogP contribution in [-0.4, -0.2) is 8.42 Å². The van der Waals surface area contributed by atoms with Crippen LogP contribution in [0.25, 0.3) is 0 Å². The molecule has 0 N–H and O–H groups in total. The molecule has 0 fully saturated rings. The second kappa shape index (κ2) is 7.34. The second-order valence-corrected chi connectivity index (χ2v) is 8.52. The van der Waals surface area contributed by atoms with Gasteiger partial charge in [-0.05, 0) is 61.7 Å². The van der Waals surface area contributed by atoms with Crippen LogP contribution in [0.4, 0.5) is 5.69 Å². The Morgan fingerprint density at radius 3 is 1.88 bits per heavy atom. The third kappa shape index (κ3) is 3.97. The minimum Gasteiger partial charge on any atom is -0.262 e. The maximum absolute atomic E-state index is 13.4. The van der Waals surface area contributed by atoms with Gasteiger partial charge in [0, 0.05) is 0 Å². The quantitative estimate of drug-likeness (QED) is 0.637. The van der Waals surface area contributed by atoms with Gasteiger partial charge >= 0.3 is 0 Å². The average Bonchev–Trinajstić information content (AvgIpc) is 2.60. The first kappa shape index (κ1) is 18.2. The molecule has 0 heterocycles. The van der Waals surface area contributed by atoms with Crippen molar-refractivity contribution in [2.45, 2.75) is 32.2 Å². The van der Waals surface area contributed by atoms with Crippen LogP contribution >= 0.6 is 0 Å². The molecule has 134 valence electrons. The van der Waals surface area contributed by atoms with Gasteiger partial charge in [-0.25, -0.2) is 8.42 Å². The zero-order valence-corrected chi connectivity index (χ0v) is 16.1. The molecule has 4 heteroatoms. The van der Waals surface area contributed by atoms with E-state index in [9.17, 15) is 8.42 Å². The molecule has 0 bridgehead atoms. The van der Waals surface area contributed by atoms with Crippen LogP contribution in [-0.2, 0) is 16.6 Å². The standard InChI is InChI=1S/C22H23NO2S/c1-17-9-11-22(12-10-17)26(24,25)23(16-20-7-5-4-6-8-20)21-14-18(2)13-19(3)15-21/h4-15H,16H2,1-3H3. The molecule has 3 aromatic carbocycles. The monoisotopic (exact) mass is 365 g/mol. The molecule has 0 aliphatic heterocycles. The molecule has 0 aliphatic carbocycles. The third-order valence-electron chi connectivity index (χ3n) is 4.27. The molecule has 0 atom stereocenters. The zero-order valence-electron chi connectivity index (χ0n) is 15.3. The van der Waals surface area contributed by atoms with E-state index in [1.54, 1.807) is 12.1 Å². The van der Waals surface area contributed by atoms with E-state index in [2.05, 4.69) is 0 Å². The molecular weight excluding hydrogens is 342 g/mol. The minimum atomic E-state index is -3.67. The second-order valence-electron chi connectivity index (χ2n) is 6.66. The molecule has 3 aromatic rings. The van der Waals surface area contributed by atoms with Crippen LogP contribution in [0, 0.1) is 20.8 Å². The summed E-state index contributed by atoms with van der Waals surface area (Å²) in [4.78, 5) is 0.304. The van der Waals surface area contributed by atoms with E-state index in [1.807, 2.05) is 81.4 Å². The first-order valence-corrected chi connectivity index (χ1v) is 10.0. The van der Waals surface area contributed by atoms with Gasteiger partial charge < -0.3 is 0 Å². The van der Waals surface area contributed by atoms with Crippen molar-refractivity contribution >= 4 is 15.7 Å². The number of aryl methyl sites for hydroxylation is 3. The molecule has 0 radical (unpaired) electrons. The minimum absolute atomic E-state index is 0.292. The highest BCUT2D eigenvalue weighted by molar-refractivity contribution is 7.92. The maximum Gasteiger partial charge on any atom is 0.264 e. The van der Waals surface area contributed by atoms with E-state index in [1.165, 1.54) is 4.31 Å². The van der Waals surface area contributed by atoms with Gasteiger partial charge in [-0.3, -0.25) is 4.31 Å². The fourth-order valence-electron chi connectivity index (χ4n) is 3.00. The first-order valence-electron chi connectivity index (χ1n) is 8.58. The van der Waals surface area contributed by atoms with E-state index in [0.29, 0.717) is 17.1 Å². The predicted molar refractivity (Wildman–Crippen MR) is 107 cm³/mol. The molecule has 3 rings (SSSR count). The van der Waals surface area contributed by atoms with Crippen LogP contribution in [0.5, 0.6) is 0 Å². The van der Waals surface area contributed by atoms with E-state index in [-0.39, 0.29) is 0 Å². The highest BCUT2D eigenvalue weighted by atomic mass is 32.2. The summed E-state index contributed by atoms with van der Waals surface area (Å²) in [7, 11) is -3.67. The van der Waals surface area contributed by atoms with Gasteiger partial charge in [0.25, 0.3) is 10.0 Å². The molecule has 26 heavy (non-hydrogen) atoms. The van der Waals surface area contributed by atoms with Gasteiger partial charge in [0.05, 0.1) is 17.1 Å². The predicted octanol–water partition coefficient (Wildman–Crippen LogP) is 5.01. The average molecular weight is 365 g/mol. The van der Waals surface area contributed by atoms with Crippen molar-refractivity contribution in [2.24, 2.45) is 0 Å². The van der Waals surface area contributed by atoms with Crippen LogP contribution < -0.4 is 4.31 Å². The number of hydrogen-bond donors (Lipinski definition) is 0. The van der Waals surface area contributed by atoms with Crippen LogP contribution in [0.2, 0.25) is 0 Å². The number of nitrogens with zero attached hydrogens (tertiary/aromatic N) is 1. The van der Waals surface area contributed by atoms with Crippen LogP contribution in [0.1, 0.15) is 22.3 Å². The topological polar surface area (TPSA) is 37.4 Å². The summed E-state index contributed by atoms with van der Waals surface area (Å²) in [5, 5.41) is 0. The fraction of sp³-hybridized carbons (Fsp3) is 0.182. The Balaban J connectivity index is 2.11. The zero-order chi connectivity index (χ0) is 18.7. The Kier molecular flexibility index (Phi) is 5.14. The number of sulfonamides is 1. The Hall–Kier alpha value is -2.59. The van der Waals surface area contributed by atoms with Gasteiger partial charge in [-0.1, -0.05) is 54.1 Å². The highest BCUT2D eigenvalue weighted by Gasteiger charge is 2.25. The van der Waals surface area contributed by atoms with Crippen LogP contribution in [0.3, 0.4) is 0 Å². The fourth-order valence-corrected chi connectivity index (χ4v) is 4.43. The SMILES string of the molecule is Cc1ccc(S(=O)(=O)N(Cc2ccccc2)c2cc(C)cc(C)c2)cc1. The third-order valence-corrected chi connectivity index (χ3v) is 6.06. The molecule has 0 spiro atoms. The van der Waals surface area contributed by atoms with Crippen LogP contribution in [0.15, 0.2) is 77.7 Å².